The van der Waals surface area contributed by atoms with Crippen LogP contribution in [0.3, 0.4) is 0 Å². The number of fused-ring (bicyclic) bond motifs is 1. The highest BCUT2D eigenvalue weighted by molar-refractivity contribution is 7.21. The van der Waals surface area contributed by atoms with Gasteiger partial charge in [-0.05, 0) is 43.2 Å². The summed E-state index contributed by atoms with van der Waals surface area (Å²) in [4.78, 5) is 20.9. The Kier molecular flexibility index (Phi) is 5.84. The minimum Gasteiger partial charge on any atom is -0.397 e. The number of hydrogen-bond donors (Lipinski definition) is 2. The molecule has 1 atom stereocenters. The predicted molar refractivity (Wildman–Crippen MR) is 127 cm³/mol. The zero-order valence-electron chi connectivity index (χ0n) is 17.9. The molecule has 2 aromatic heterocycles. The highest BCUT2D eigenvalue weighted by atomic mass is 32.1. The maximum atomic E-state index is 13.5. The van der Waals surface area contributed by atoms with Crippen LogP contribution >= 0.6 is 11.3 Å². The highest BCUT2D eigenvalue weighted by Gasteiger charge is 2.31. The highest BCUT2D eigenvalue weighted by Crippen LogP contribution is 2.43. The Balaban J connectivity index is 1.90. The molecular weight excluding hydrogens is 406 g/mol. The summed E-state index contributed by atoms with van der Waals surface area (Å²) in [5.74, 6) is 0.116. The quantitative estimate of drug-likeness (QED) is 0.604. The van der Waals surface area contributed by atoms with Gasteiger partial charge in [-0.25, -0.2) is 4.98 Å². The fourth-order valence-corrected chi connectivity index (χ4v) is 5.53. The van der Waals surface area contributed by atoms with Crippen molar-refractivity contribution in [2.24, 2.45) is 0 Å². The number of piperidine rings is 1. The maximum absolute atomic E-state index is 13.5. The predicted octanol–water partition coefficient (Wildman–Crippen LogP) is 4.97. The summed E-state index contributed by atoms with van der Waals surface area (Å²) >= 11 is 1.27. The van der Waals surface area contributed by atoms with E-state index in [0.29, 0.717) is 31.9 Å². The van der Waals surface area contributed by atoms with Crippen LogP contribution < -0.4 is 11.5 Å². The van der Waals surface area contributed by atoms with Crippen molar-refractivity contribution >= 4 is 39.0 Å². The van der Waals surface area contributed by atoms with E-state index in [-0.39, 0.29) is 17.8 Å². The van der Waals surface area contributed by atoms with Crippen LogP contribution in [0.15, 0.2) is 24.3 Å². The van der Waals surface area contributed by atoms with Crippen molar-refractivity contribution in [3.05, 3.63) is 40.3 Å². The van der Waals surface area contributed by atoms with Gasteiger partial charge in [-0.2, -0.15) is 5.26 Å². The third kappa shape index (κ3) is 3.61. The molecule has 0 spiro atoms. The lowest BCUT2D eigenvalue weighted by Crippen LogP contribution is -2.43. The second-order valence-electron chi connectivity index (χ2n) is 7.99. The summed E-state index contributed by atoms with van der Waals surface area (Å²) in [5, 5.41) is 10.5. The number of nitrogens with two attached hydrogens (primary N) is 2. The number of nitrogen functional groups attached to an aromatic ring is 2. The number of amides is 1. The molecule has 6 nitrogen and oxygen atoms in total. The van der Waals surface area contributed by atoms with Gasteiger partial charge >= 0.3 is 0 Å². The van der Waals surface area contributed by atoms with Crippen LogP contribution in [0, 0.1) is 11.3 Å². The zero-order chi connectivity index (χ0) is 22.1. The van der Waals surface area contributed by atoms with Crippen LogP contribution in [-0.4, -0.2) is 28.4 Å². The summed E-state index contributed by atoms with van der Waals surface area (Å²) in [6, 6.07) is 10.5. The van der Waals surface area contributed by atoms with Gasteiger partial charge in [-0.15, -0.1) is 11.3 Å². The van der Waals surface area contributed by atoms with E-state index in [1.54, 1.807) is 0 Å². The van der Waals surface area contributed by atoms with Gasteiger partial charge in [0.05, 0.1) is 5.69 Å². The smallest absolute Gasteiger partial charge is 0.266 e. The molecule has 31 heavy (non-hydrogen) atoms. The number of carbonyl (C=O) groups is 1. The van der Waals surface area contributed by atoms with Crippen LogP contribution in [0.25, 0.3) is 21.3 Å². The van der Waals surface area contributed by atoms with Crippen LogP contribution in [-0.2, 0) is 6.42 Å². The fraction of sp³-hybridized carbons (Fsp3) is 0.375. The molecule has 4 N–H and O–H groups in total. The Morgan fingerprint density at radius 2 is 2.00 bits per heavy atom. The largest absolute Gasteiger partial charge is 0.397 e. The molecule has 0 saturated carbocycles. The molecule has 1 aromatic carbocycles. The molecule has 1 unspecified atom stereocenters. The number of nitrogens with zero attached hydrogens (tertiary/aromatic N) is 3. The van der Waals surface area contributed by atoms with E-state index in [2.05, 4.69) is 24.9 Å². The number of nitriles is 1. The second kappa shape index (κ2) is 8.56. The molecule has 3 aromatic rings. The van der Waals surface area contributed by atoms with Gasteiger partial charge in [0, 0.05) is 23.5 Å². The lowest BCUT2D eigenvalue weighted by Gasteiger charge is -2.35. The molecule has 4 rings (SSSR count). The Labute approximate surface area is 186 Å². The Hall–Kier alpha value is -3.11. The van der Waals surface area contributed by atoms with E-state index in [4.69, 9.17) is 11.5 Å². The van der Waals surface area contributed by atoms with E-state index in [9.17, 15) is 10.1 Å². The number of rotatable bonds is 4. The van der Waals surface area contributed by atoms with E-state index in [1.807, 2.05) is 29.2 Å². The van der Waals surface area contributed by atoms with Crippen molar-refractivity contribution in [2.75, 3.05) is 18.0 Å². The van der Waals surface area contributed by atoms with Gasteiger partial charge in [-0.1, -0.05) is 38.1 Å². The number of thiophene rings is 1. The Morgan fingerprint density at radius 1 is 1.26 bits per heavy atom. The van der Waals surface area contributed by atoms with Crippen molar-refractivity contribution in [3.63, 3.8) is 0 Å². The van der Waals surface area contributed by atoms with Gasteiger partial charge in [0.2, 0.25) is 0 Å². The van der Waals surface area contributed by atoms with E-state index >= 15 is 0 Å². The number of pyridine rings is 1. The van der Waals surface area contributed by atoms with Crippen molar-refractivity contribution in [1.82, 2.24) is 9.88 Å². The summed E-state index contributed by atoms with van der Waals surface area (Å²) in [5.41, 5.74) is 16.1. The Bertz CT molecular complexity index is 1180. The summed E-state index contributed by atoms with van der Waals surface area (Å²) in [6.07, 6.45) is 5.02. The fourth-order valence-electron chi connectivity index (χ4n) is 4.46. The van der Waals surface area contributed by atoms with E-state index < -0.39 is 0 Å². The first-order chi connectivity index (χ1) is 15.0. The van der Waals surface area contributed by atoms with Gasteiger partial charge in [0.1, 0.15) is 27.2 Å². The van der Waals surface area contributed by atoms with Crippen LogP contribution in [0.4, 0.5) is 11.5 Å². The number of aromatic nitrogens is 1. The lowest BCUT2D eigenvalue weighted by atomic mass is 9.95. The standard InChI is InChI=1S/C24H27N5OS/c1-3-14-8-10-15(11-9-14)18-17(13-25)22(27)28-23-19(18)20(26)21(31-23)24(30)29-12-6-5-7-16(29)4-2/h8-11,16H,3-7,12,26H2,1-2H3,(H2,27,28). The number of benzene rings is 1. The molecule has 0 aliphatic carbocycles. The monoisotopic (exact) mass is 433 g/mol. The SMILES string of the molecule is CCc1ccc(-c2c(C#N)c(N)nc3sc(C(=O)N4CCCCC4CC)c(N)c23)cc1. The molecule has 160 valence electrons. The van der Waals surface area contributed by atoms with Gasteiger partial charge in [-0.3, -0.25) is 4.79 Å². The van der Waals surface area contributed by atoms with Crippen molar-refractivity contribution in [3.8, 4) is 17.2 Å². The second-order valence-corrected chi connectivity index (χ2v) is 8.99. The molecule has 0 radical (unpaired) electrons. The number of likely N-dealkylation sites (tertiary alicyclic amines) is 1. The van der Waals surface area contributed by atoms with Crippen LogP contribution in [0.1, 0.15) is 60.3 Å². The van der Waals surface area contributed by atoms with E-state index in [1.165, 1.54) is 16.9 Å². The summed E-state index contributed by atoms with van der Waals surface area (Å²) < 4.78 is 0. The number of aryl methyl sites for hydroxylation is 1. The lowest BCUT2D eigenvalue weighted by molar-refractivity contribution is 0.0614. The molecule has 1 amide bonds. The van der Waals surface area contributed by atoms with Crippen molar-refractivity contribution in [2.45, 2.75) is 52.0 Å². The minimum atomic E-state index is -0.0450. The van der Waals surface area contributed by atoms with Gasteiger partial charge < -0.3 is 16.4 Å². The summed E-state index contributed by atoms with van der Waals surface area (Å²) in [6.45, 7) is 4.96. The first-order valence-corrected chi connectivity index (χ1v) is 11.6. The summed E-state index contributed by atoms with van der Waals surface area (Å²) in [7, 11) is 0. The van der Waals surface area contributed by atoms with Crippen molar-refractivity contribution in [1.29, 1.82) is 5.26 Å². The van der Waals surface area contributed by atoms with Gasteiger partial charge in [0.15, 0.2) is 0 Å². The maximum Gasteiger partial charge on any atom is 0.266 e. The van der Waals surface area contributed by atoms with Gasteiger partial charge in [0.25, 0.3) is 5.91 Å². The zero-order valence-corrected chi connectivity index (χ0v) is 18.8. The molecule has 1 fully saturated rings. The third-order valence-corrected chi connectivity index (χ3v) is 7.31. The normalized spacial score (nSPS) is 16.4. The van der Waals surface area contributed by atoms with E-state index in [0.717, 1.165) is 44.2 Å². The molecule has 1 aliphatic rings. The minimum absolute atomic E-state index is 0.0450. The number of anilines is 2. The number of hydrogen-bond acceptors (Lipinski definition) is 6. The van der Waals surface area contributed by atoms with Crippen LogP contribution in [0.2, 0.25) is 0 Å². The molecule has 1 saturated heterocycles. The first-order valence-electron chi connectivity index (χ1n) is 10.8. The average Bonchev–Trinajstić information content (AvgIpc) is 3.13. The average molecular weight is 434 g/mol. The third-order valence-electron chi connectivity index (χ3n) is 6.22. The molecule has 3 heterocycles. The molecule has 0 bridgehead atoms. The number of carbonyl (C=O) groups excluding carboxylic acids is 1. The Morgan fingerprint density at radius 3 is 2.65 bits per heavy atom. The van der Waals surface area contributed by atoms with Crippen LogP contribution in [0.5, 0.6) is 0 Å². The first kappa shape index (κ1) is 21.1. The molecule has 7 heteroatoms. The van der Waals surface area contributed by atoms with Crippen molar-refractivity contribution < 1.29 is 4.79 Å². The topological polar surface area (TPSA) is 109 Å². The molecular formula is C24H27N5OS. The molecule has 1 aliphatic heterocycles.